The fraction of sp³-hybridized carbons (Fsp3) is 0. The summed E-state index contributed by atoms with van der Waals surface area (Å²) in [5, 5.41) is 0. The summed E-state index contributed by atoms with van der Waals surface area (Å²) in [6, 6.07) is 30.1. The van der Waals surface area contributed by atoms with E-state index in [-0.39, 0.29) is 17.0 Å². The molecule has 0 aliphatic carbocycles. The summed E-state index contributed by atoms with van der Waals surface area (Å²) in [4.78, 5) is 0. The first-order chi connectivity index (χ1) is 11.8. The molecule has 3 aromatic rings. The van der Waals surface area contributed by atoms with E-state index in [0.717, 1.165) is 0 Å². The smallest absolute Gasteiger partial charge is 0.0263 e. The van der Waals surface area contributed by atoms with Gasteiger partial charge in [-0.3, -0.25) is 0 Å². The van der Waals surface area contributed by atoms with Gasteiger partial charge in [0.2, 0.25) is 0 Å². The molecule has 0 radical (unpaired) electrons. The Hall–Kier alpha value is -2.64. The highest BCUT2D eigenvalue weighted by Crippen LogP contribution is 1.98. The molecule has 0 nitrogen and oxygen atoms in total. The molecule has 0 bridgehead atoms. The van der Waals surface area contributed by atoms with Crippen molar-refractivity contribution >= 4 is 35.2 Å². The van der Waals surface area contributed by atoms with Crippen molar-refractivity contribution in [1.29, 1.82) is 0 Å². The molecule has 0 N–H and O–H groups in total. The lowest BCUT2D eigenvalue weighted by Gasteiger charge is -1.85. The minimum atomic E-state index is 0. The number of rotatable bonds is 3. The van der Waals surface area contributed by atoms with Crippen LogP contribution in [0.2, 0.25) is 0 Å². The topological polar surface area (TPSA) is 0 Å². The molecule has 0 unspecified atom stereocenters. The first kappa shape index (κ1) is 22.4. The van der Waals surface area contributed by atoms with Gasteiger partial charge in [0, 0.05) is 0 Å². The van der Waals surface area contributed by atoms with E-state index in [2.05, 4.69) is 19.7 Å². The minimum absolute atomic E-state index is 0. The summed E-state index contributed by atoms with van der Waals surface area (Å²) < 4.78 is 0. The van der Waals surface area contributed by atoms with Gasteiger partial charge >= 0.3 is 0 Å². The Morgan fingerprint density at radius 3 is 0.720 bits per heavy atom. The van der Waals surface area contributed by atoms with Gasteiger partial charge in [-0.25, -0.2) is 0 Å². The summed E-state index contributed by atoms with van der Waals surface area (Å²) >= 11 is 0. The highest BCUT2D eigenvalue weighted by Gasteiger charge is 1.77. The van der Waals surface area contributed by atoms with E-state index in [1.54, 1.807) is 0 Å². The second-order valence-electron chi connectivity index (χ2n) is 4.84. The lowest BCUT2D eigenvalue weighted by Crippen LogP contribution is -1.63. The minimum Gasteiger partial charge on any atom is -0.114 e. The third kappa shape index (κ3) is 10.7. The Balaban J connectivity index is 0.000000339. The number of benzene rings is 3. The average Bonchev–Trinajstić information content (AvgIpc) is 2.71. The maximum Gasteiger partial charge on any atom is -0.0263 e. The van der Waals surface area contributed by atoms with Crippen LogP contribution in [0.3, 0.4) is 0 Å². The van der Waals surface area contributed by atoms with Crippen LogP contribution in [0.4, 0.5) is 0 Å². The summed E-state index contributed by atoms with van der Waals surface area (Å²) in [5.41, 5.74) is 3.52. The summed E-state index contributed by atoms with van der Waals surface area (Å²) in [6.45, 7) is 10.9. The Bertz CT molecular complexity index is 597. The Morgan fingerprint density at radius 1 is 0.400 bits per heavy atom. The van der Waals surface area contributed by atoms with Crippen molar-refractivity contribution < 1.29 is 0 Å². The maximum absolute atomic E-state index is 3.63. The number of hydrogen-bond acceptors (Lipinski definition) is 0. The van der Waals surface area contributed by atoms with E-state index in [0.29, 0.717) is 0 Å². The summed E-state index contributed by atoms with van der Waals surface area (Å²) in [7, 11) is 0. The second kappa shape index (κ2) is 14.9. The van der Waals surface area contributed by atoms with E-state index >= 15 is 0 Å². The lowest BCUT2D eigenvalue weighted by molar-refractivity contribution is 1.67. The molecule has 0 spiro atoms. The van der Waals surface area contributed by atoms with Crippen LogP contribution in [0.25, 0.3) is 18.2 Å². The van der Waals surface area contributed by atoms with Crippen LogP contribution in [0.15, 0.2) is 111 Å². The largest absolute Gasteiger partial charge is 0.114 e. The second-order valence-corrected chi connectivity index (χ2v) is 4.84. The average molecular weight is 393 g/mol. The van der Waals surface area contributed by atoms with Crippen molar-refractivity contribution in [2.24, 2.45) is 0 Å². The van der Waals surface area contributed by atoms with E-state index in [9.17, 15) is 0 Å². The Morgan fingerprint density at radius 2 is 0.600 bits per heavy atom. The SMILES string of the molecule is Br.C=Cc1ccccc1.C=Cc1ccccc1.C=Cc1ccccc1. The molecule has 0 saturated heterocycles. The van der Waals surface area contributed by atoms with Gasteiger partial charge in [-0.2, -0.15) is 0 Å². The zero-order valence-electron chi connectivity index (χ0n) is 14.4. The molecule has 0 heterocycles. The zero-order chi connectivity index (χ0) is 17.5. The Labute approximate surface area is 162 Å². The van der Waals surface area contributed by atoms with Crippen LogP contribution < -0.4 is 0 Å². The van der Waals surface area contributed by atoms with E-state index in [1.165, 1.54) is 16.7 Å². The van der Waals surface area contributed by atoms with Crippen LogP contribution in [-0.2, 0) is 0 Å². The van der Waals surface area contributed by atoms with Crippen LogP contribution >= 0.6 is 17.0 Å². The standard InChI is InChI=1S/3C8H8.BrH/c3*1-2-8-6-4-3-5-7-8;/h3*2-7H,1H2;1H. The van der Waals surface area contributed by atoms with E-state index in [1.807, 2.05) is 109 Å². The predicted octanol–water partition coefficient (Wildman–Crippen LogP) is 7.57. The van der Waals surface area contributed by atoms with Crippen molar-refractivity contribution in [3.05, 3.63) is 127 Å². The van der Waals surface area contributed by atoms with Gasteiger partial charge in [0.1, 0.15) is 0 Å². The molecule has 0 atom stereocenters. The summed E-state index contributed by atoms with van der Waals surface area (Å²) in [5.74, 6) is 0. The third-order valence-electron chi connectivity index (χ3n) is 3.11. The van der Waals surface area contributed by atoms with Crippen molar-refractivity contribution in [1.82, 2.24) is 0 Å². The Kier molecular flexibility index (Phi) is 13.3. The fourth-order valence-corrected chi connectivity index (χ4v) is 1.77. The van der Waals surface area contributed by atoms with Crippen LogP contribution in [0.1, 0.15) is 16.7 Å². The first-order valence-electron chi connectivity index (χ1n) is 7.82. The molecule has 0 aliphatic heterocycles. The van der Waals surface area contributed by atoms with Gasteiger partial charge in [0.05, 0.1) is 0 Å². The molecule has 3 rings (SSSR count). The highest BCUT2D eigenvalue weighted by atomic mass is 79.9. The molecule has 0 amide bonds. The quantitative estimate of drug-likeness (QED) is 0.431. The van der Waals surface area contributed by atoms with Gasteiger partial charge in [0.15, 0.2) is 0 Å². The van der Waals surface area contributed by atoms with Crippen molar-refractivity contribution in [3.63, 3.8) is 0 Å². The molecule has 1 heteroatoms. The summed E-state index contributed by atoms with van der Waals surface area (Å²) in [6.07, 6.45) is 5.50. The predicted molar refractivity (Wildman–Crippen MR) is 120 cm³/mol. The van der Waals surface area contributed by atoms with Gasteiger partial charge in [-0.05, 0) is 16.7 Å². The highest BCUT2D eigenvalue weighted by molar-refractivity contribution is 8.93. The lowest BCUT2D eigenvalue weighted by atomic mass is 10.2. The van der Waals surface area contributed by atoms with Crippen LogP contribution in [0.5, 0.6) is 0 Å². The molecule has 0 saturated carbocycles. The fourth-order valence-electron chi connectivity index (χ4n) is 1.77. The number of hydrogen-bond donors (Lipinski definition) is 0. The van der Waals surface area contributed by atoms with Gasteiger partial charge in [0.25, 0.3) is 0 Å². The van der Waals surface area contributed by atoms with Crippen molar-refractivity contribution in [2.45, 2.75) is 0 Å². The van der Waals surface area contributed by atoms with Gasteiger partial charge < -0.3 is 0 Å². The number of halogens is 1. The molecule has 25 heavy (non-hydrogen) atoms. The first-order valence-corrected chi connectivity index (χ1v) is 7.82. The van der Waals surface area contributed by atoms with E-state index in [4.69, 9.17) is 0 Å². The molecule has 0 fully saturated rings. The molecular formula is C24H25Br. The molecule has 3 aromatic carbocycles. The van der Waals surface area contributed by atoms with Crippen molar-refractivity contribution in [2.75, 3.05) is 0 Å². The maximum atomic E-state index is 3.63. The van der Waals surface area contributed by atoms with Gasteiger partial charge in [-0.15, -0.1) is 17.0 Å². The van der Waals surface area contributed by atoms with E-state index < -0.39 is 0 Å². The normalized spacial score (nSPS) is 8.16. The van der Waals surface area contributed by atoms with Crippen molar-refractivity contribution in [3.8, 4) is 0 Å². The molecule has 0 aromatic heterocycles. The molecule has 128 valence electrons. The molecule has 0 aliphatic rings. The van der Waals surface area contributed by atoms with Crippen LogP contribution in [-0.4, -0.2) is 0 Å². The molecular weight excluding hydrogens is 368 g/mol. The third-order valence-corrected chi connectivity index (χ3v) is 3.11. The zero-order valence-corrected chi connectivity index (χ0v) is 16.1. The van der Waals surface area contributed by atoms with Crippen LogP contribution in [0, 0.1) is 0 Å². The monoisotopic (exact) mass is 392 g/mol. The van der Waals surface area contributed by atoms with Gasteiger partial charge in [-0.1, -0.05) is 129 Å².